The summed E-state index contributed by atoms with van der Waals surface area (Å²) in [6.45, 7) is 1.63. The van der Waals surface area contributed by atoms with E-state index in [4.69, 9.17) is 4.52 Å². The molecule has 4 heterocycles. The summed E-state index contributed by atoms with van der Waals surface area (Å²) in [5.74, 6) is 0. The Morgan fingerprint density at radius 3 is 3.00 bits per heavy atom. The van der Waals surface area contributed by atoms with Crippen molar-refractivity contribution in [2.45, 2.75) is 11.3 Å². The van der Waals surface area contributed by atoms with E-state index in [0.717, 1.165) is 30.6 Å². The SMILES string of the molecule is O=S(=O)(c1ccc2oncc2c1)n1cc(C2=CCNCC2)c2ncccc21. The fourth-order valence-electron chi connectivity index (χ4n) is 3.46. The van der Waals surface area contributed by atoms with Crippen LogP contribution >= 0.6 is 0 Å². The molecule has 1 aliphatic rings. The number of hydrogen-bond acceptors (Lipinski definition) is 6. The zero-order valence-electron chi connectivity index (χ0n) is 14.3. The minimum atomic E-state index is -3.79. The lowest BCUT2D eigenvalue weighted by molar-refractivity contribution is 0.456. The van der Waals surface area contributed by atoms with Crippen LogP contribution in [0.25, 0.3) is 27.6 Å². The van der Waals surface area contributed by atoms with E-state index in [-0.39, 0.29) is 4.90 Å². The first-order valence-electron chi connectivity index (χ1n) is 8.61. The Kier molecular flexibility index (Phi) is 3.63. The molecule has 5 rings (SSSR count). The van der Waals surface area contributed by atoms with Gasteiger partial charge in [0.25, 0.3) is 10.0 Å². The average molecular weight is 380 g/mol. The van der Waals surface area contributed by atoms with Crippen LogP contribution in [0.4, 0.5) is 0 Å². The van der Waals surface area contributed by atoms with Crippen molar-refractivity contribution < 1.29 is 12.9 Å². The molecule has 0 amide bonds. The Morgan fingerprint density at radius 2 is 2.15 bits per heavy atom. The third-order valence-corrected chi connectivity index (χ3v) is 6.49. The largest absolute Gasteiger partial charge is 0.356 e. The van der Waals surface area contributed by atoms with E-state index in [0.29, 0.717) is 22.0 Å². The molecule has 3 aromatic heterocycles. The minimum Gasteiger partial charge on any atom is -0.356 e. The standard InChI is InChI=1S/C19H16N4O3S/c24-27(25,15-3-4-18-14(10-15)11-22-26-18)23-12-16(13-5-8-20-9-6-13)19-17(23)2-1-7-21-19/h1-5,7,10-12,20H,6,8-9H2. The molecule has 1 aliphatic heterocycles. The number of rotatable bonds is 3. The van der Waals surface area contributed by atoms with Gasteiger partial charge in [0.2, 0.25) is 0 Å². The van der Waals surface area contributed by atoms with Crippen molar-refractivity contribution in [3.8, 4) is 0 Å². The molecular weight excluding hydrogens is 364 g/mol. The van der Waals surface area contributed by atoms with Gasteiger partial charge < -0.3 is 9.84 Å². The lowest BCUT2D eigenvalue weighted by Crippen LogP contribution is -2.20. The van der Waals surface area contributed by atoms with Gasteiger partial charge >= 0.3 is 0 Å². The monoisotopic (exact) mass is 380 g/mol. The molecule has 0 radical (unpaired) electrons. The molecule has 8 heteroatoms. The zero-order chi connectivity index (χ0) is 18.4. The number of hydrogen-bond donors (Lipinski definition) is 1. The predicted octanol–water partition coefficient (Wildman–Crippen LogP) is 2.79. The summed E-state index contributed by atoms with van der Waals surface area (Å²) < 4.78 is 33.1. The topological polar surface area (TPSA) is 90.0 Å². The van der Waals surface area contributed by atoms with Gasteiger partial charge in [0, 0.05) is 29.9 Å². The van der Waals surface area contributed by atoms with Crippen molar-refractivity contribution in [1.82, 2.24) is 19.4 Å². The zero-order valence-corrected chi connectivity index (χ0v) is 15.1. The Labute approximate surface area is 155 Å². The van der Waals surface area contributed by atoms with Gasteiger partial charge in [-0.3, -0.25) is 4.98 Å². The maximum atomic E-state index is 13.4. The molecular formula is C19H16N4O3S. The second-order valence-electron chi connectivity index (χ2n) is 6.42. The summed E-state index contributed by atoms with van der Waals surface area (Å²) in [7, 11) is -3.79. The highest BCUT2D eigenvalue weighted by Crippen LogP contribution is 2.31. The van der Waals surface area contributed by atoms with E-state index >= 15 is 0 Å². The van der Waals surface area contributed by atoms with E-state index in [9.17, 15) is 8.42 Å². The molecule has 0 saturated carbocycles. The van der Waals surface area contributed by atoms with Crippen molar-refractivity contribution in [3.05, 3.63) is 60.6 Å². The predicted molar refractivity (Wildman–Crippen MR) is 102 cm³/mol. The van der Waals surface area contributed by atoms with Crippen molar-refractivity contribution in [3.63, 3.8) is 0 Å². The van der Waals surface area contributed by atoms with Crippen LogP contribution in [-0.2, 0) is 10.0 Å². The smallest absolute Gasteiger partial charge is 0.268 e. The van der Waals surface area contributed by atoms with Crippen LogP contribution in [0, 0.1) is 0 Å². The average Bonchev–Trinajstić information content (AvgIpc) is 3.33. The highest BCUT2D eigenvalue weighted by Gasteiger charge is 2.24. The maximum absolute atomic E-state index is 13.4. The van der Waals surface area contributed by atoms with Gasteiger partial charge in [-0.1, -0.05) is 11.2 Å². The van der Waals surface area contributed by atoms with Crippen LogP contribution in [0.15, 0.2) is 64.4 Å². The number of nitrogens with one attached hydrogen (secondary N) is 1. The maximum Gasteiger partial charge on any atom is 0.268 e. The van der Waals surface area contributed by atoms with Crippen LogP contribution in [0.3, 0.4) is 0 Å². The summed E-state index contributed by atoms with van der Waals surface area (Å²) in [5, 5.41) is 7.63. The van der Waals surface area contributed by atoms with Crippen LogP contribution in [0.1, 0.15) is 12.0 Å². The molecule has 0 atom stereocenters. The van der Waals surface area contributed by atoms with E-state index in [1.165, 1.54) is 16.2 Å². The lowest BCUT2D eigenvalue weighted by Gasteiger charge is -2.12. The second-order valence-corrected chi connectivity index (χ2v) is 8.24. The third kappa shape index (κ3) is 2.56. The van der Waals surface area contributed by atoms with E-state index in [2.05, 4.69) is 21.5 Å². The van der Waals surface area contributed by atoms with Gasteiger partial charge in [0.1, 0.15) is 0 Å². The van der Waals surface area contributed by atoms with E-state index < -0.39 is 10.0 Å². The van der Waals surface area contributed by atoms with E-state index in [1.807, 2.05) is 0 Å². The molecule has 136 valence electrons. The number of benzene rings is 1. The fraction of sp³-hybridized carbons (Fsp3) is 0.158. The van der Waals surface area contributed by atoms with Gasteiger partial charge in [-0.15, -0.1) is 0 Å². The fourth-order valence-corrected chi connectivity index (χ4v) is 4.85. The molecule has 0 fully saturated rings. The molecule has 27 heavy (non-hydrogen) atoms. The van der Waals surface area contributed by atoms with Crippen LogP contribution < -0.4 is 5.32 Å². The molecule has 4 aromatic rings. The molecule has 0 unspecified atom stereocenters. The van der Waals surface area contributed by atoms with Gasteiger partial charge in [-0.05, 0) is 48.9 Å². The first-order chi connectivity index (χ1) is 13.1. The Bertz CT molecular complexity index is 1300. The molecule has 7 nitrogen and oxygen atoms in total. The third-order valence-electron chi connectivity index (χ3n) is 4.82. The normalized spacial score (nSPS) is 15.3. The van der Waals surface area contributed by atoms with Gasteiger partial charge in [0.05, 0.1) is 22.1 Å². The molecule has 0 spiro atoms. The Hall–Kier alpha value is -2.97. The number of fused-ring (bicyclic) bond motifs is 2. The first kappa shape index (κ1) is 16.2. The number of aromatic nitrogens is 3. The summed E-state index contributed by atoms with van der Waals surface area (Å²) >= 11 is 0. The summed E-state index contributed by atoms with van der Waals surface area (Å²) in [6, 6.07) is 8.26. The summed E-state index contributed by atoms with van der Waals surface area (Å²) in [6.07, 6.45) is 7.81. The van der Waals surface area contributed by atoms with Crippen molar-refractivity contribution in [2.24, 2.45) is 0 Å². The van der Waals surface area contributed by atoms with Crippen molar-refractivity contribution in [1.29, 1.82) is 0 Å². The minimum absolute atomic E-state index is 0.185. The summed E-state index contributed by atoms with van der Waals surface area (Å²) in [4.78, 5) is 4.64. The quantitative estimate of drug-likeness (QED) is 0.588. The Morgan fingerprint density at radius 1 is 1.22 bits per heavy atom. The molecule has 0 saturated heterocycles. The van der Waals surface area contributed by atoms with Crippen LogP contribution in [0.2, 0.25) is 0 Å². The van der Waals surface area contributed by atoms with E-state index in [1.54, 1.807) is 36.7 Å². The van der Waals surface area contributed by atoms with Gasteiger partial charge in [-0.2, -0.15) is 0 Å². The summed E-state index contributed by atoms with van der Waals surface area (Å²) in [5.41, 5.74) is 3.79. The van der Waals surface area contributed by atoms with Crippen molar-refractivity contribution >= 4 is 37.6 Å². The highest BCUT2D eigenvalue weighted by molar-refractivity contribution is 7.90. The Balaban J connectivity index is 1.73. The second kappa shape index (κ2) is 6.04. The van der Waals surface area contributed by atoms with Crippen molar-refractivity contribution in [2.75, 3.05) is 13.1 Å². The molecule has 1 aromatic carbocycles. The van der Waals surface area contributed by atoms with Gasteiger partial charge in [0.15, 0.2) is 5.58 Å². The van der Waals surface area contributed by atoms with Gasteiger partial charge in [-0.25, -0.2) is 12.4 Å². The molecule has 0 aliphatic carbocycles. The first-order valence-corrected chi connectivity index (χ1v) is 10.0. The number of nitrogens with zero attached hydrogens (tertiary/aromatic N) is 3. The highest BCUT2D eigenvalue weighted by atomic mass is 32.2. The lowest BCUT2D eigenvalue weighted by atomic mass is 10.0. The molecule has 1 N–H and O–H groups in total. The number of pyridine rings is 1. The van der Waals surface area contributed by atoms with Crippen LogP contribution in [-0.4, -0.2) is 35.6 Å². The molecule has 0 bridgehead atoms. The van der Waals surface area contributed by atoms with Crippen LogP contribution in [0.5, 0.6) is 0 Å².